The van der Waals surface area contributed by atoms with Gasteiger partial charge in [0.15, 0.2) is 0 Å². The standard InChI is InChI=1S/C18H23NO4.C2H6/c1-4-5-6-15(8-7-14(2)13-20)11-19-12-16(18(22)23-3)9-10-17(19)21;1-2/h5-10,12,20H,4,11,13H2,1-3H3;1-2H3/b6-5+,14-7+,15-8+;. The van der Waals surface area contributed by atoms with Gasteiger partial charge in [-0.1, -0.05) is 45.1 Å². The average molecular weight is 347 g/mol. The van der Waals surface area contributed by atoms with Gasteiger partial charge in [-0.15, -0.1) is 0 Å². The van der Waals surface area contributed by atoms with Gasteiger partial charge < -0.3 is 14.4 Å². The highest BCUT2D eigenvalue weighted by molar-refractivity contribution is 5.88. The van der Waals surface area contributed by atoms with Crippen LogP contribution in [0.1, 0.15) is 44.5 Å². The van der Waals surface area contributed by atoms with Gasteiger partial charge in [0.1, 0.15) is 0 Å². The van der Waals surface area contributed by atoms with Gasteiger partial charge in [-0.3, -0.25) is 4.79 Å². The average Bonchev–Trinajstić information content (AvgIpc) is 2.65. The molecule has 25 heavy (non-hydrogen) atoms. The van der Waals surface area contributed by atoms with Crippen LogP contribution in [-0.4, -0.2) is 29.4 Å². The number of aliphatic hydroxyl groups is 1. The van der Waals surface area contributed by atoms with E-state index in [0.29, 0.717) is 12.1 Å². The summed E-state index contributed by atoms with van der Waals surface area (Å²) in [5.74, 6) is -0.482. The summed E-state index contributed by atoms with van der Waals surface area (Å²) < 4.78 is 6.13. The Labute approximate surface area is 150 Å². The molecule has 1 rings (SSSR count). The number of pyridine rings is 1. The van der Waals surface area contributed by atoms with E-state index >= 15 is 0 Å². The van der Waals surface area contributed by atoms with Gasteiger partial charge in [-0.25, -0.2) is 4.79 Å². The fraction of sp³-hybridized carbons (Fsp3) is 0.400. The van der Waals surface area contributed by atoms with Crippen LogP contribution in [-0.2, 0) is 11.3 Å². The summed E-state index contributed by atoms with van der Waals surface area (Å²) in [6.07, 6.45) is 9.95. The lowest BCUT2D eigenvalue weighted by Gasteiger charge is -2.08. The first-order chi connectivity index (χ1) is 12.0. The number of esters is 1. The molecular formula is C20H29NO4. The number of rotatable bonds is 7. The molecule has 0 aliphatic carbocycles. The van der Waals surface area contributed by atoms with Crippen LogP contribution in [0.4, 0.5) is 0 Å². The smallest absolute Gasteiger partial charge is 0.339 e. The molecular weight excluding hydrogens is 318 g/mol. The Morgan fingerprint density at radius 2 is 1.96 bits per heavy atom. The largest absolute Gasteiger partial charge is 0.465 e. The van der Waals surface area contributed by atoms with E-state index in [1.807, 2.05) is 52.0 Å². The third-order valence-corrected chi connectivity index (χ3v) is 3.16. The summed E-state index contributed by atoms with van der Waals surface area (Å²) >= 11 is 0. The molecule has 1 N–H and O–H groups in total. The third-order valence-electron chi connectivity index (χ3n) is 3.16. The Morgan fingerprint density at radius 3 is 2.52 bits per heavy atom. The Bertz CT molecular complexity index is 681. The second-order valence-corrected chi connectivity index (χ2v) is 5.10. The number of nitrogens with zero attached hydrogens (tertiary/aromatic N) is 1. The van der Waals surface area contributed by atoms with Crippen LogP contribution in [0.5, 0.6) is 0 Å². The van der Waals surface area contributed by atoms with Crippen LogP contribution in [0.25, 0.3) is 0 Å². The highest BCUT2D eigenvalue weighted by Gasteiger charge is 2.07. The lowest BCUT2D eigenvalue weighted by Crippen LogP contribution is -2.21. The molecule has 0 saturated heterocycles. The van der Waals surface area contributed by atoms with Crippen LogP contribution in [0.2, 0.25) is 0 Å². The van der Waals surface area contributed by atoms with Crippen LogP contribution in [0.3, 0.4) is 0 Å². The van der Waals surface area contributed by atoms with Crippen molar-refractivity contribution in [2.75, 3.05) is 13.7 Å². The molecule has 0 amide bonds. The van der Waals surface area contributed by atoms with Gasteiger partial charge in [0.05, 0.1) is 25.8 Å². The van der Waals surface area contributed by atoms with Crippen LogP contribution in [0.15, 0.2) is 58.6 Å². The van der Waals surface area contributed by atoms with E-state index < -0.39 is 5.97 Å². The molecule has 0 fully saturated rings. The summed E-state index contributed by atoms with van der Waals surface area (Å²) in [7, 11) is 1.30. The van der Waals surface area contributed by atoms with Gasteiger partial charge in [0.2, 0.25) is 0 Å². The van der Waals surface area contributed by atoms with Crippen molar-refractivity contribution in [2.45, 2.75) is 40.7 Å². The molecule has 1 aromatic rings. The minimum absolute atomic E-state index is 0.0148. The van der Waals surface area contributed by atoms with Crippen molar-refractivity contribution in [2.24, 2.45) is 0 Å². The molecule has 0 aliphatic heterocycles. The molecule has 138 valence electrons. The van der Waals surface area contributed by atoms with Crippen molar-refractivity contribution < 1.29 is 14.6 Å². The summed E-state index contributed by atoms with van der Waals surface area (Å²) in [6, 6.07) is 2.80. The minimum atomic E-state index is -0.482. The maximum atomic E-state index is 12.0. The maximum absolute atomic E-state index is 12.0. The molecule has 0 aliphatic rings. The second kappa shape index (κ2) is 13.0. The highest BCUT2D eigenvalue weighted by atomic mass is 16.5. The molecule has 0 saturated carbocycles. The Kier molecular flexibility index (Phi) is 11.7. The predicted octanol–water partition coefficient (Wildman–Crippen LogP) is 3.49. The number of methoxy groups -OCH3 is 1. The molecule has 1 heterocycles. The van der Waals surface area contributed by atoms with Gasteiger partial charge in [0, 0.05) is 12.3 Å². The third kappa shape index (κ3) is 8.31. The van der Waals surface area contributed by atoms with Crippen LogP contribution < -0.4 is 5.56 Å². The van der Waals surface area contributed by atoms with Crippen LogP contribution in [0, 0.1) is 0 Å². The number of allylic oxidation sites excluding steroid dienone is 5. The summed E-state index contributed by atoms with van der Waals surface area (Å²) in [4.78, 5) is 23.6. The number of hydrogen-bond acceptors (Lipinski definition) is 4. The molecule has 5 nitrogen and oxygen atoms in total. The molecule has 0 spiro atoms. The van der Waals surface area contributed by atoms with Crippen molar-refractivity contribution in [3.63, 3.8) is 0 Å². The molecule has 0 unspecified atom stereocenters. The zero-order valence-electron chi connectivity index (χ0n) is 15.8. The quantitative estimate of drug-likeness (QED) is 0.605. The monoisotopic (exact) mass is 347 g/mol. The fourth-order valence-corrected chi connectivity index (χ4v) is 1.82. The van der Waals surface area contributed by atoms with E-state index in [-0.39, 0.29) is 12.2 Å². The first kappa shape index (κ1) is 22.6. The molecule has 0 bridgehead atoms. The van der Waals surface area contributed by atoms with Gasteiger partial charge in [-0.05, 0) is 30.6 Å². The Morgan fingerprint density at radius 1 is 1.28 bits per heavy atom. The first-order valence-corrected chi connectivity index (χ1v) is 8.44. The highest BCUT2D eigenvalue weighted by Crippen LogP contribution is 2.06. The van der Waals surface area contributed by atoms with E-state index in [0.717, 1.165) is 17.6 Å². The molecule has 1 aromatic heterocycles. The van der Waals surface area contributed by atoms with Crippen LogP contribution >= 0.6 is 0 Å². The zero-order chi connectivity index (χ0) is 19.2. The number of hydrogen-bond donors (Lipinski definition) is 1. The van der Waals surface area contributed by atoms with Gasteiger partial charge >= 0.3 is 5.97 Å². The second-order valence-electron chi connectivity index (χ2n) is 5.10. The fourth-order valence-electron chi connectivity index (χ4n) is 1.82. The number of carbonyl (C=O) groups excluding carboxylic acids is 1. The summed E-state index contributed by atoms with van der Waals surface area (Å²) in [5, 5.41) is 9.06. The van der Waals surface area contributed by atoms with E-state index in [1.54, 1.807) is 0 Å². The van der Waals surface area contributed by atoms with Gasteiger partial charge in [0.25, 0.3) is 5.56 Å². The molecule has 0 radical (unpaired) electrons. The van der Waals surface area contributed by atoms with Crippen molar-refractivity contribution in [1.29, 1.82) is 0 Å². The van der Waals surface area contributed by atoms with E-state index in [9.17, 15) is 9.59 Å². The SMILES string of the molecule is CC.CC/C=C/C(=C\C=C(/C)CO)Cn1cc(C(=O)OC)ccc1=O. The van der Waals surface area contributed by atoms with E-state index in [1.165, 1.54) is 30.0 Å². The molecule has 0 atom stereocenters. The molecule has 0 aromatic carbocycles. The summed E-state index contributed by atoms with van der Waals surface area (Å²) in [6.45, 7) is 8.16. The van der Waals surface area contributed by atoms with Crippen molar-refractivity contribution in [3.8, 4) is 0 Å². The Hall–Kier alpha value is -2.40. The molecule has 5 heteroatoms. The first-order valence-electron chi connectivity index (χ1n) is 8.44. The topological polar surface area (TPSA) is 68.5 Å². The summed E-state index contributed by atoms with van der Waals surface area (Å²) in [5.41, 5.74) is 1.84. The zero-order valence-corrected chi connectivity index (χ0v) is 15.8. The minimum Gasteiger partial charge on any atom is -0.465 e. The van der Waals surface area contributed by atoms with E-state index in [2.05, 4.69) is 4.74 Å². The maximum Gasteiger partial charge on any atom is 0.339 e. The lowest BCUT2D eigenvalue weighted by atomic mass is 10.1. The van der Waals surface area contributed by atoms with Gasteiger partial charge in [-0.2, -0.15) is 0 Å². The van der Waals surface area contributed by atoms with Crippen molar-refractivity contribution >= 4 is 5.97 Å². The number of carbonyl (C=O) groups is 1. The lowest BCUT2D eigenvalue weighted by molar-refractivity contribution is 0.0599. The Balaban J connectivity index is 0.00000277. The number of aromatic nitrogens is 1. The normalized spacial score (nSPS) is 11.9. The van der Waals surface area contributed by atoms with E-state index in [4.69, 9.17) is 5.11 Å². The predicted molar refractivity (Wildman–Crippen MR) is 102 cm³/mol. The van der Waals surface area contributed by atoms with Crippen molar-refractivity contribution in [1.82, 2.24) is 4.57 Å². The van der Waals surface area contributed by atoms with Crippen molar-refractivity contribution in [3.05, 3.63) is 69.7 Å². The number of aliphatic hydroxyl groups excluding tert-OH is 1. The number of ether oxygens (including phenoxy) is 1.